The highest BCUT2D eigenvalue weighted by molar-refractivity contribution is 7.09. The first kappa shape index (κ1) is 19.8. The van der Waals surface area contributed by atoms with Gasteiger partial charge in [-0.3, -0.25) is 9.69 Å². The Balaban J connectivity index is 1.55. The lowest BCUT2D eigenvalue weighted by atomic mass is 10.00. The fraction of sp³-hybridized carbons (Fsp3) is 0.292. The molecule has 4 rings (SSSR count). The van der Waals surface area contributed by atoms with Gasteiger partial charge in [-0.15, -0.1) is 11.3 Å². The molecule has 150 valence electrons. The first-order valence-electron chi connectivity index (χ1n) is 10.0. The molecule has 0 saturated carbocycles. The fourth-order valence-electron chi connectivity index (χ4n) is 3.92. The normalized spacial score (nSPS) is 15.4. The Morgan fingerprint density at radius 1 is 1.07 bits per heavy atom. The molecule has 1 aliphatic rings. The number of hydrogen-bond donors (Lipinski definition) is 0. The Morgan fingerprint density at radius 3 is 2.45 bits per heavy atom. The minimum atomic E-state index is -0.468. The number of piperidine rings is 1. The van der Waals surface area contributed by atoms with Crippen LogP contribution in [0.2, 0.25) is 0 Å². The number of aryl methyl sites for hydroxylation is 1. The van der Waals surface area contributed by atoms with Gasteiger partial charge in [-0.05, 0) is 55.5 Å². The lowest BCUT2D eigenvalue weighted by Crippen LogP contribution is -2.47. The van der Waals surface area contributed by atoms with E-state index in [1.54, 1.807) is 34.4 Å². The van der Waals surface area contributed by atoms with Crippen molar-refractivity contribution in [1.82, 2.24) is 4.90 Å². The largest absolute Gasteiger partial charge is 0.305 e. The van der Waals surface area contributed by atoms with E-state index in [2.05, 4.69) is 22.4 Å². The molecular formula is C24H25FN2OS. The van der Waals surface area contributed by atoms with Gasteiger partial charge in [0.1, 0.15) is 5.82 Å². The maximum atomic E-state index is 14.4. The van der Waals surface area contributed by atoms with Crippen molar-refractivity contribution < 1.29 is 9.18 Å². The third-order valence-corrected chi connectivity index (χ3v) is 6.38. The second kappa shape index (κ2) is 8.89. The monoisotopic (exact) mass is 408 g/mol. The first-order chi connectivity index (χ1) is 14.1. The van der Waals surface area contributed by atoms with E-state index < -0.39 is 5.82 Å². The summed E-state index contributed by atoms with van der Waals surface area (Å²) in [7, 11) is 0. The van der Waals surface area contributed by atoms with E-state index in [0.717, 1.165) is 43.7 Å². The number of carbonyl (C=O) groups excluding carboxylic acids is 1. The molecule has 2 heterocycles. The summed E-state index contributed by atoms with van der Waals surface area (Å²) < 4.78 is 14.4. The summed E-state index contributed by atoms with van der Waals surface area (Å²) >= 11 is 1.78. The number of halogens is 1. The molecule has 1 fully saturated rings. The van der Waals surface area contributed by atoms with E-state index in [1.165, 1.54) is 10.9 Å². The maximum absolute atomic E-state index is 14.4. The van der Waals surface area contributed by atoms with Crippen LogP contribution >= 0.6 is 11.3 Å². The Kier molecular flexibility index (Phi) is 6.07. The molecule has 0 atom stereocenters. The van der Waals surface area contributed by atoms with Gasteiger partial charge in [-0.25, -0.2) is 4.39 Å². The molecule has 5 heteroatoms. The van der Waals surface area contributed by atoms with Crippen LogP contribution in [0.1, 0.15) is 33.6 Å². The molecule has 0 aliphatic carbocycles. The van der Waals surface area contributed by atoms with Crippen molar-refractivity contribution in [2.75, 3.05) is 18.0 Å². The first-order valence-corrected chi connectivity index (χ1v) is 10.9. The molecule has 1 amide bonds. The van der Waals surface area contributed by atoms with Gasteiger partial charge in [0, 0.05) is 36.2 Å². The van der Waals surface area contributed by atoms with Crippen LogP contribution in [0.5, 0.6) is 0 Å². The zero-order valence-corrected chi connectivity index (χ0v) is 17.4. The van der Waals surface area contributed by atoms with Crippen LogP contribution < -0.4 is 4.90 Å². The van der Waals surface area contributed by atoms with E-state index in [-0.39, 0.29) is 17.5 Å². The molecule has 0 N–H and O–H groups in total. The molecule has 3 nitrogen and oxygen atoms in total. The second-order valence-corrected chi connectivity index (χ2v) is 8.61. The minimum absolute atomic E-state index is 0.0596. The maximum Gasteiger partial charge on any atom is 0.261 e. The van der Waals surface area contributed by atoms with Crippen LogP contribution in [0.3, 0.4) is 0 Å². The minimum Gasteiger partial charge on any atom is -0.305 e. The number of likely N-dealkylation sites (tertiary alicyclic amines) is 1. The lowest BCUT2D eigenvalue weighted by Gasteiger charge is -2.38. The Labute approximate surface area is 175 Å². The third kappa shape index (κ3) is 4.57. The molecule has 0 unspecified atom stereocenters. The highest BCUT2D eigenvalue weighted by atomic mass is 32.1. The zero-order chi connectivity index (χ0) is 20.2. The molecule has 1 aliphatic heterocycles. The van der Waals surface area contributed by atoms with E-state index in [9.17, 15) is 9.18 Å². The van der Waals surface area contributed by atoms with Gasteiger partial charge in [-0.1, -0.05) is 35.9 Å². The summed E-state index contributed by atoms with van der Waals surface area (Å²) in [5.74, 6) is -0.728. The predicted molar refractivity (Wildman–Crippen MR) is 117 cm³/mol. The van der Waals surface area contributed by atoms with E-state index in [4.69, 9.17) is 0 Å². The fourth-order valence-corrected chi connectivity index (χ4v) is 4.67. The van der Waals surface area contributed by atoms with E-state index >= 15 is 0 Å². The third-order valence-electron chi connectivity index (χ3n) is 5.52. The molecule has 1 aromatic heterocycles. The van der Waals surface area contributed by atoms with Crippen LogP contribution in [0, 0.1) is 12.7 Å². The van der Waals surface area contributed by atoms with Crippen molar-refractivity contribution in [2.24, 2.45) is 0 Å². The van der Waals surface area contributed by atoms with Crippen molar-refractivity contribution in [3.63, 3.8) is 0 Å². The molecular weight excluding hydrogens is 383 g/mol. The number of anilines is 1. The average Bonchev–Trinajstić information content (AvgIpc) is 3.24. The lowest BCUT2D eigenvalue weighted by molar-refractivity contribution is 0.0955. The number of nitrogens with zero attached hydrogens (tertiary/aromatic N) is 2. The Morgan fingerprint density at radius 2 is 1.79 bits per heavy atom. The summed E-state index contributed by atoms with van der Waals surface area (Å²) in [5, 5.41) is 2.11. The van der Waals surface area contributed by atoms with Crippen molar-refractivity contribution in [1.29, 1.82) is 0 Å². The van der Waals surface area contributed by atoms with Crippen LogP contribution in [0.15, 0.2) is 66.0 Å². The van der Waals surface area contributed by atoms with Crippen LogP contribution in [-0.2, 0) is 6.54 Å². The van der Waals surface area contributed by atoms with Gasteiger partial charge in [0.15, 0.2) is 0 Å². The summed E-state index contributed by atoms with van der Waals surface area (Å²) in [4.78, 5) is 19.0. The molecule has 1 saturated heterocycles. The average molecular weight is 409 g/mol. The van der Waals surface area contributed by atoms with Gasteiger partial charge >= 0.3 is 0 Å². The molecule has 0 radical (unpaired) electrons. The predicted octanol–water partition coefficient (Wildman–Crippen LogP) is 5.51. The molecule has 3 aromatic rings. The van der Waals surface area contributed by atoms with Gasteiger partial charge < -0.3 is 4.90 Å². The summed E-state index contributed by atoms with van der Waals surface area (Å²) in [6.07, 6.45) is 1.75. The summed E-state index contributed by atoms with van der Waals surface area (Å²) in [6.45, 7) is 4.83. The van der Waals surface area contributed by atoms with E-state index in [1.807, 2.05) is 31.2 Å². The Hall–Kier alpha value is -2.50. The van der Waals surface area contributed by atoms with Crippen LogP contribution in [-0.4, -0.2) is 29.9 Å². The quantitative estimate of drug-likeness (QED) is 0.556. The van der Waals surface area contributed by atoms with Gasteiger partial charge in [-0.2, -0.15) is 0 Å². The summed E-state index contributed by atoms with van der Waals surface area (Å²) in [5.41, 5.74) is 2.10. The van der Waals surface area contributed by atoms with Gasteiger partial charge in [0.25, 0.3) is 5.91 Å². The van der Waals surface area contributed by atoms with Crippen LogP contribution in [0.25, 0.3) is 0 Å². The zero-order valence-electron chi connectivity index (χ0n) is 16.6. The smallest absolute Gasteiger partial charge is 0.261 e. The molecule has 29 heavy (non-hydrogen) atoms. The van der Waals surface area contributed by atoms with Crippen molar-refractivity contribution in [2.45, 2.75) is 32.4 Å². The summed E-state index contributed by atoms with van der Waals surface area (Å²) in [6, 6.07) is 18.5. The van der Waals surface area contributed by atoms with Crippen LogP contribution in [0.4, 0.5) is 10.1 Å². The van der Waals surface area contributed by atoms with Gasteiger partial charge in [0.05, 0.1) is 5.56 Å². The van der Waals surface area contributed by atoms with Crippen molar-refractivity contribution in [3.8, 4) is 0 Å². The number of benzene rings is 2. The second-order valence-electron chi connectivity index (χ2n) is 7.58. The Bertz CT molecular complexity index is 947. The molecule has 0 bridgehead atoms. The van der Waals surface area contributed by atoms with Crippen molar-refractivity contribution >= 4 is 22.9 Å². The van der Waals surface area contributed by atoms with Crippen molar-refractivity contribution in [3.05, 3.63) is 87.9 Å². The highest BCUT2D eigenvalue weighted by Crippen LogP contribution is 2.28. The molecule has 0 spiro atoms. The van der Waals surface area contributed by atoms with Gasteiger partial charge in [0.2, 0.25) is 0 Å². The topological polar surface area (TPSA) is 23.6 Å². The number of amides is 1. The number of rotatable bonds is 5. The standard InChI is InChI=1S/C24H25FN2OS/c1-18-8-10-19(11-9-18)27(24(28)22-6-2-3-7-23(22)25)20-12-14-26(15-13-20)17-21-5-4-16-29-21/h2-11,16,20H,12-15,17H2,1H3. The SMILES string of the molecule is Cc1ccc(N(C(=O)c2ccccc2F)C2CCN(Cc3cccs3)CC2)cc1. The highest BCUT2D eigenvalue weighted by Gasteiger charge is 2.31. The molecule has 2 aromatic carbocycles. The number of thiophene rings is 1. The van der Waals surface area contributed by atoms with E-state index in [0.29, 0.717) is 0 Å². The number of carbonyl (C=O) groups is 1. The number of hydrogen-bond acceptors (Lipinski definition) is 3.